The van der Waals surface area contributed by atoms with Gasteiger partial charge in [-0.05, 0) is 30.5 Å². The highest BCUT2D eigenvalue weighted by molar-refractivity contribution is 5.73. The molecule has 17 heavy (non-hydrogen) atoms. The number of halogens is 1. The van der Waals surface area contributed by atoms with Crippen molar-refractivity contribution >= 4 is 5.91 Å². The number of hydrogen-bond donors (Lipinski definition) is 1. The quantitative estimate of drug-likeness (QED) is 0.807. The molecule has 0 aliphatic carbocycles. The molecule has 1 fully saturated rings. The van der Waals surface area contributed by atoms with E-state index in [9.17, 15) is 14.3 Å². The zero-order valence-electron chi connectivity index (χ0n) is 9.82. The topological polar surface area (TPSA) is 40.5 Å². The van der Waals surface area contributed by atoms with Gasteiger partial charge in [0.2, 0.25) is 5.91 Å². The van der Waals surface area contributed by atoms with Crippen molar-refractivity contribution < 1.29 is 14.3 Å². The summed E-state index contributed by atoms with van der Waals surface area (Å²) in [6.07, 6.45) is 0.996. The van der Waals surface area contributed by atoms with E-state index in [1.54, 1.807) is 17.0 Å². The zero-order chi connectivity index (χ0) is 12.5. The van der Waals surface area contributed by atoms with Gasteiger partial charge in [0, 0.05) is 20.0 Å². The van der Waals surface area contributed by atoms with E-state index in [1.807, 2.05) is 0 Å². The van der Waals surface area contributed by atoms with E-state index in [0.717, 1.165) is 5.56 Å². The third-order valence-electron chi connectivity index (χ3n) is 3.42. The van der Waals surface area contributed by atoms with E-state index in [-0.39, 0.29) is 11.7 Å². The second kappa shape index (κ2) is 4.45. The van der Waals surface area contributed by atoms with E-state index >= 15 is 0 Å². The molecule has 0 spiro atoms. The smallest absolute Gasteiger partial charge is 0.219 e. The minimum atomic E-state index is -0.931. The van der Waals surface area contributed by atoms with E-state index in [2.05, 4.69) is 0 Å². The van der Waals surface area contributed by atoms with Crippen LogP contribution < -0.4 is 0 Å². The SMILES string of the molecule is CC(=O)N1CCC(O)(c2ccc(F)cc2)CC1. The van der Waals surface area contributed by atoms with E-state index in [4.69, 9.17) is 0 Å². The molecule has 4 heteroatoms. The molecule has 0 atom stereocenters. The molecule has 92 valence electrons. The van der Waals surface area contributed by atoms with Crippen molar-refractivity contribution in [3.63, 3.8) is 0 Å². The maximum absolute atomic E-state index is 12.8. The molecule has 1 amide bonds. The van der Waals surface area contributed by atoms with Gasteiger partial charge in [-0.2, -0.15) is 0 Å². The van der Waals surface area contributed by atoms with Crippen LogP contribution in [0.3, 0.4) is 0 Å². The summed E-state index contributed by atoms with van der Waals surface area (Å²) in [5.41, 5.74) is -0.207. The Morgan fingerprint density at radius 1 is 1.29 bits per heavy atom. The molecule has 0 unspecified atom stereocenters. The first kappa shape index (κ1) is 12.0. The lowest BCUT2D eigenvalue weighted by atomic mass is 9.84. The van der Waals surface area contributed by atoms with Crippen molar-refractivity contribution in [3.8, 4) is 0 Å². The van der Waals surface area contributed by atoms with Crippen molar-refractivity contribution in [2.24, 2.45) is 0 Å². The average Bonchev–Trinajstić information content (AvgIpc) is 2.30. The Balaban J connectivity index is 2.11. The number of benzene rings is 1. The Morgan fingerprint density at radius 2 is 1.82 bits per heavy atom. The lowest BCUT2D eigenvalue weighted by Crippen LogP contribution is -2.44. The molecule has 1 N–H and O–H groups in total. The fraction of sp³-hybridized carbons (Fsp3) is 0.462. The summed E-state index contributed by atoms with van der Waals surface area (Å²) >= 11 is 0. The van der Waals surface area contributed by atoms with E-state index < -0.39 is 5.60 Å². The van der Waals surface area contributed by atoms with Crippen molar-refractivity contribution in [1.29, 1.82) is 0 Å². The standard InChI is InChI=1S/C13H16FNO2/c1-10(16)15-8-6-13(17,7-9-15)11-2-4-12(14)5-3-11/h2-5,17H,6-9H2,1H3. The predicted octanol–water partition coefficient (Wildman–Crippen LogP) is 1.66. The van der Waals surface area contributed by atoms with Crippen molar-refractivity contribution in [1.82, 2.24) is 4.90 Å². The summed E-state index contributed by atoms with van der Waals surface area (Å²) in [5, 5.41) is 10.5. The number of carbonyl (C=O) groups excluding carboxylic acids is 1. The van der Waals surface area contributed by atoms with Gasteiger partial charge in [0.25, 0.3) is 0 Å². The van der Waals surface area contributed by atoms with Gasteiger partial charge in [-0.25, -0.2) is 4.39 Å². The zero-order valence-corrected chi connectivity index (χ0v) is 9.82. The van der Waals surface area contributed by atoms with Crippen molar-refractivity contribution in [3.05, 3.63) is 35.6 Å². The molecule has 1 saturated heterocycles. The minimum Gasteiger partial charge on any atom is -0.385 e. The second-order valence-corrected chi connectivity index (χ2v) is 4.54. The summed E-state index contributed by atoms with van der Waals surface area (Å²) in [4.78, 5) is 12.9. The summed E-state index contributed by atoms with van der Waals surface area (Å²) in [5.74, 6) is -0.273. The maximum Gasteiger partial charge on any atom is 0.219 e. The van der Waals surface area contributed by atoms with Crippen LogP contribution in [-0.4, -0.2) is 29.0 Å². The third-order valence-corrected chi connectivity index (χ3v) is 3.42. The van der Waals surface area contributed by atoms with Crippen molar-refractivity contribution in [2.75, 3.05) is 13.1 Å². The van der Waals surface area contributed by atoms with Crippen LogP contribution in [0.4, 0.5) is 4.39 Å². The molecule has 1 heterocycles. The number of rotatable bonds is 1. The number of aliphatic hydroxyl groups is 1. The van der Waals surface area contributed by atoms with Crippen LogP contribution in [0.5, 0.6) is 0 Å². The minimum absolute atomic E-state index is 0.0335. The summed E-state index contributed by atoms with van der Waals surface area (Å²) < 4.78 is 12.8. The molecule has 0 bridgehead atoms. The molecule has 0 aromatic heterocycles. The summed E-state index contributed by atoms with van der Waals surface area (Å²) in [7, 11) is 0. The van der Waals surface area contributed by atoms with E-state index in [0.29, 0.717) is 25.9 Å². The Morgan fingerprint density at radius 3 is 2.29 bits per heavy atom. The molecule has 1 aromatic carbocycles. The van der Waals surface area contributed by atoms with Crippen LogP contribution in [0.15, 0.2) is 24.3 Å². The molecular weight excluding hydrogens is 221 g/mol. The molecule has 0 saturated carbocycles. The van der Waals surface area contributed by atoms with Gasteiger partial charge < -0.3 is 10.0 Å². The van der Waals surface area contributed by atoms with Crippen LogP contribution in [0.2, 0.25) is 0 Å². The molecule has 3 nitrogen and oxygen atoms in total. The predicted molar refractivity (Wildman–Crippen MR) is 61.8 cm³/mol. The fourth-order valence-electron chi connectivity index (χ4n) is 2.24. The lowest BCUT2D eigenvalue weighted by Gasteiger charge is -2.38. The summed E-state index contributed by atoms with van der Waals surface area (Å²) in [6.45, 7) is 2.62. The number of amides is 1. The first-order valence-electron chi connectivity index (χ1n) is 5.75. The highest BCUT2D eigenvalue weighted by Crippen LogP contribution is 2.32. The monoisotopic (exact) mass is 237 g/mol. The largest absolute Gasteiger partial charge is 0.385 e. The van der Waals surface area contributed by atoms with Gasteiger partial charge in [0.1, 0.15) is 5.82 Å². The molecule has 1 aromatic rings. The number of carbonyl (C=O) groups is 1. The highest BCUT2D eigenvalue weighted by atomic mass is 19.1. The molecule has 1 aliphatic heterocycles. The lowest BCUT2D eigenvalue weighted by molar-refractivity contribution is -0.133. The maximum atomic E-state index is 12.8. The number of nitrogens with zero attached hydrogens (tertiary/aromatic N) is 1. The van der Waals surface area contributed by atoms with Gasteiger partial charge in [-0.15, -0.1) is 0 Å². The first-order valence-corrected chi connectivity index (χ1v) is 5.75. The van der Waals surface area contributed by atoms with Crippen LogP contribution >= 0.6 is 0 Å². The molecule has 2 rings (SSSR count). The van der Waals surface area contributed by atoms with E-state index in [1.165, 1.54) is 19.1 Å². The van der Waals surface area contributed by atoms with Crippen LogP contribution in [0.25, 0.3) is 0 Å². The first-order chi connectivity index (χ1) is 8.01. The normalized spacial score (nSPS) is 19.1. The Hall–Kier alpha value is -1.42. The Kier molecular flexibility index (Phi) is 3.15. The molecule has 0 radical (unpaired) electrons. The number of hydrogen-bond acceptors (Lipinski definition) is 2. The molecule has 1 aliphatic rings. The fourth-order valence-corrected chi connectivity index (χ4v) is 2.24. The number of piperidine rings is 1. The second-order valence-electron chi connectivity index (χ2n) is 4.54. The van der Waals surface area contributed by atoms with Gasteiger partial charge in [0.15, 0.2) is 0 Å². The third kappa shape index (κ3) is 2.47. The Labute approximate surface area is 99.9 Å². The highest BCUT2D eigenvalue weighted by Gasteiger charge is 2.34. The van der Waals surface area contributed by atoms with Gasteiger partial charge in [0.05, 0.1) is 5.60 Å². The van der Waals surface area contributed by atoms with Crippen LogP contribution in [0.1, 0.15) is 25.3 Å². The van der Waals surface area contributed by atoms with Crippen LogP contribution in [-0.2, 0) is 10.4 Å². The number of likely N-dealkylation sites (tertiary alicyclic amines) is 1. The summed E-state index contributed by atoms with van der Waals surface area (Å²) in [6, 6.07) is 5.92. The van der Waals surface area contributed by atoms with Gasteiger partial charge in [-0.1, -0.05) is 12.1 Å². The van der Waals surface area contributed by atoms with Gasteiger partial charge >= 0.3 is 0 Å². The molecular formula is C13H16FNO2. The van der Waals surface area contributed by atoms with Crippen LogP contribution in [0, 0.1) is 5.82 Å². The van der Waals surface area contributed by atoms with Crippen molar-refractivity contribution in [2.45, 2.75) is 25.4 Å². The van der Waals surface area contributed by atoms with Gasteiger partial charge in [-0.3, -0.25) is 4.79 Å². The Bertz CT molecular complexity index is 408. The average molecular weight is 237 g/mol.